The van der Waals surface area contributed by atoms with Crippen LogP contribution in [0.3, 0.4) is 0 Å². The van der Waals surface area contributed by atoms with Gasteiger partial charge in [-0.1, -0.05) is 36.3 Å². The van der Waals surface area contributed by atoms with Crippen LogP contribution in [0.15, 0.2) is 58.6 Å². The molecule has 0 spiro atoms. The highest BCUT2D eigenvalue weighted by molar-refractivity contribution is 7.89. The maximum absolute atomic E-state index is 12.1. The first-order chi connectivity index (χ1) is 13.2. The number of oxime groups is 1. The second kappa shape index (κ2) is 9.48. The zero-order valence-electron chi connectivity index (χ0n) is 16.5. The van der Waals surface area contributed by atoms with Crippen molar-refractivity contribution < 1.29 is 18.0 Å². The molecule has 150 valence electrons. The number of aryl methyl sites for hydroxylation is 1. The fourth-order valence-electron chi connectivity index (χ4n) is 2.34. The topological polar surface area (TPSA) is 88.1 Å². The molecule has 0 fully saturated rings. The zero-order chi connectivity index (χ0) is 20.7. The van der Waals surface area contributed by atoms with Gasteiger partial charge in [-0.3, -0.25) is 4.79 Å². The predicted octanol–water partition coefficient (Wildman–Crippen LogP) is 2.88. The molecule has 2 aromatic rings. The van der Waals surface area contributed by atoms with Gasteiger partial charge in [0.05, 0.1) is 10.6 Å². The lowest BCUT2D eigenvalue weighted by Crippen LogP contribution is -2.22. The monoisotopic (exact) mass is 403 g/mol. The maximum Gasteiger partial charge on any atom is 0.265 e. The molecule has 0 unspecified atom stereocenters. The first-order valence-corrected chi connectivity index (χ1v) is 10.3. The molecule has 0 saturated carbocycles. The van der Waals surface area contributed by atoms with E-state index in [1.165, 1.54) is 31.8 Å². The Labute approximate surface area is 166 Å². The lowest BCUT2D eigenvalue weighted by molar-refractivity contribution is -0.120. The first-order valence-electron chi connectivity index (χ1n) is 8.82. The van der Waals surface area contributed by atoms with Crippen LogP contribution in [0.2, 0.25) is 0 Å². The van der Waals surface area contributed by atoms with Gasteiger partial charge in [0.1, 0.15) is 0 Å². The molecule has 0 aromatic heterocycles. The van der Waals surface area contributed by atoms with E-state index in [9.17, 15) is 13.2 Å². The average molecular weight is 404 g/mol. The van der Waals surface area contributed by atoms with Crippen LogP contribution in [0.25, 0.3) is 0 Å². The van der Waals surface area contributed by atoms with Crippen molar-refractivity contribution in [2.45, 2.75) is 25.2 Å². The summed E-state index contributed by atoms with van der Waals surface area (Å²) < 4.78 is 25.3. The van der Waals surface area contributed by atoms with Gasteiger partial charge in [0.15, 0.2) is 6.61 Å². The van der Waals surface area contributed by atoms with E-state index in [-0.39, 0.29) is 17.4 Å². The summed E-state index contributed by atoms with van der Waals surface area (Å²) >= 11 is 0. The SMILES string of the molecule is CCc1ccc(NC(=O)CON=C(C)c2ccc(S(=O)(=O)N(C)C)cc2)cc1. The Kier molecular flexibility index (Phi) is 7.31. The number of hydrogen-bond acceptors (Lipinski definition) is 5. The number of benzene rings is 2. The Morgan fingerprint density at radius 1 is 1.07 bits per heavy atom. The normalized spacial score (nSPS) is 12.1. The summed E-state index contributed by atoms with van der Waals surface area (Å²) in [6.45, 7) is 3.56. The Morgan fingerprint density at radius 3 is 2.21 bits per heavy atom. The number of anilines is 1. The van der Waals surface area contributed by atoms with Gasteiger partial charge in [0, 0.05) is 19.8 Å². The van der Waals surface area contributed by atoms with Gasteiger partial charge in [-0.15, -0.1) is 0 Å². The van der Waals surface area contributed by atoms with E-state index in [2.05, 4.69) is 17.4 Å². The maximum atomic E-state index is 12.1. The Bertz CT molecular complexity index is 934. The minimum absolute atomic E-state index is 0.198. The molecular formula is C20H25N3O4S. The summed E-state index contributed by atoms with van der Waals surface area (Å²) in [6, 6.07) is 13.9. The molecule has 0 atom stereocenters. The van der Waals surface area contributed by atoms with Crippen molar-refractivity contribution in [3.63, 3.8) is 0 Å². The van der Waals surface area contributed by atoms with Crippen molar-refractivity contribution in [2.75, 3.05) is 26.0 Å². The van der Waals surface area contributed by atoms with Crippen LogP contribution in [0.5, 0.6) is 0 Å². The van der Waals surface area contributed by atoms with Crippen molar-refractivity contribution in [1.82, 2.24) is 4.31 Å². The number of amides is 1. The van der Waals surface area contributed by atoms with Gasteiger partial charge in [0.2, 0.25) is 10.0 Å². The summed E-state index contributed by atoms with van der Waals surface area (Å²) in [5.41, 5.74) is 3.13. The minimum Gasteiger partial charge on any atom is -0.385 e. The second-order valence-corrected chi connectivity index (χ2v) is 8.51. The van der Waals surface area contributed by atoms with Gasteiger partial charge in [-0.2, -0.15) is 0 Å². The van der Waals surface area contributed by atoms with Crippen molar-refractivity contribution in [1.29, 1.82) is 0 Å². The van der Waals surface area contributed by atoms with Gasteiger partial charge in [-0.05, 0) is 48.7 Å². The third-order valence-electron chi connectivity index (χ3n) is 4.09. The zero-order valence-corrected chi connectivity index (χ0v) is 17.3. The van der Waals surface area contributed by atoms with Crippen LogP contribution in [0.4, 0.5) is 5.69 Å². The highest BCUT2D eigenvalue weighted by atomic mass is 32.2. The molecule has 28 heavy (non-hydrogen) atoms. The third kappa shape index (κ3) is 5.64. The number of sulfonamides is 1. The highest BCUT2D eigenvalue weighted by Gasteiger charge is 2.16. The minimum atomic E-state index is -3.47. The molecule has 2 aromatic carbocycles. The molecular weight excluding hydrogens is 378 g/mol. The number of carbonyl (C=O) groups is 1. The van der Waals surface area contributed by atoms with E-state index in [1.54, 1.807) is 19.1 Å². The number of nitrogens with zero attached hydrogens (tertiary/aromatic N) is 2. The van der Waals surface area contributed by atoms with Crippen molar-refractivity contribution >= 4 is 27.3 Å². The van der Waals surface area contributed by atoms with Gasteiger partial charge >= 0.3 is 0 Å². The summed E-state index contributed by atoms with van der Waals surface area (Å²) in [6.07, 6.45) is 0.938. The smallest absolute Gasteiger partial charge is 0.265 e. The second-order valence-electron chi connectivity index (χ2n) is 6.36. The van der Waals surface area contributed by atoms with Crippen LogP contribution < -0.4 is 5.32 Å². The average Bonchev–Trinajstić information content (AvgIpc) is 2.68. The molecule has 0 radical (unpaired) electrons. The summed E-state index contributed by atoms with van der Waals surface area (Å²) in [4.78, 5) is 17.2. The van der Waals surface area contributed by atoms with Crippen LogP contribution in [-0.4, -0.2) is 45.0 Å². The molecule has 0 aliphatic carbocycles. The van der Waals surface area contributed by atoms with Crippen LogP contribution >= 0.6 is 0 Å². The van der Waals surface area contributed by atoms with E-state index in [4.69, 9.17) is 4.84 Å². The fourth-order valence-corrected chi connectivity index (χ4v) is 3.24. The molecule has 0 aliphatic rings. The molecule has 7 nitrogen and oxygen atoms in total. The molecule has 2 rings (SSSR count). The quantitative estimate of drug-likeness (QED) is 0.542. The Morgan fingerprint density at radius 2 is 1.68 bits per heavy atom. The number of hydrogen-bond donors (Lipinski definition) is 1. The van der Waals surface area contributed by atoms with Gasteiger partial charge < -0.3 is 10.2 Å². The number of carbonyl (C=O) groups excluding carboxylic acids is 1. The molecule has 1 N–H and O–H groups in total. The van der Waals surface area contributed by atoms with Crippen LogP contribution in [0.1, 0.15) is 25.0 Å². The molecule has 1 amide bonds. The van der Waals surface area contributed by atoms with E-state index in [1.807, 2.05) is 24.3 Å². The lowest BCUT2D eigenvalue weighted by atomic mass is 10.1. The fraction of sp³-hybridized carbons (Fsp3) is 0.300. The largest absolute Gasteiger partial charge is 0.385 e. The number of nitrogens with one attached hydrogen (secondary N) is 1. The predicted molar refractivity (Wildman–Crippen MR) is 110 cm³/mol. The molecule has 0 aliphatic heterocycles. The standard InChI is InChI=1S/C20H25N3O4S/c1-5-16-6-10-18(11-7-16)21-20(24)14-27-22-15(2)17-8-12-19(13-9-17)28(25,26)23(3)4/h6-13H,5,14H2,1-4H3,(H,21,24). The Hall–Kier alpha value is -2.71. The third-order valence-corrected chi connectivity index (χ3v) is 5.92. The van der Waals surface area contributed by atoms with Gasteiger partial charge in [-0.25, -0.2) is 12.7 Å². The van der Waals surface area contributed by atoms with Crippen molar-refractivity contribution in [3.05, 3.63) is 59.7 Å². The van der Waals surface area contributed by atoms with Crippen LogP contribution in [0, 0.1) is 0 Å². The highest BCUT2D eigenvalue weighted by Crippen LogP contribution is 2.14. The Balaban J connectivity index is 1.92. The first kappa shape index (κ1) is 21.6. The van der Waals surface area contributed by atoms with Crippen molar-refractivity contribution in [3.8, 4) is 0 Å². The molecule has 8 heteroatoms. The number of rotatable bonds is 8. The van der Waals surface area contributed by atoms with Crippen molar-refractivity contribution in [2.24, 2.45) is 5.16 Å². The summed E-state index contributed by atoms with van der Waals surface area (Å²) in [5, 5.41) is 6.66. The molecule has 0 bridgehead atoms. The lowest BCUT2D eigenvalue weighted by Gasteiger charge is -2.11. The van der Waals surface area contributed by atoms with Crippen LogP contribution in [-0.2, 0) is 26.1 Å². The molecule has 0 heterocycles. The molecule has 0 saturated heterocycles. The van der Waals surface area contributed by atoms with E-state index >= 15 is 0 Å². The van der Waals surface area contributed by atoms with E-state index in [0.717, 1.165) is 10.7 Å². The summed E-state index contributed by atoms with van der Waals surface area (Å²) in [7, 11) is -0.514. The van der Waals surface area contributed by atoms with E-state index < -0.39 is 10.0 Å². The van der Waals surface area contributed by atoms with Gasteiger partial charge in [0.25, 0.3) is 5.91 Å². The van der Waals surface area contributed by atoms with E-state index in [0.29, 0.717) is 17.0 Å². The summed E-state index contributed by atoms with van der Waals surface area (Å²) in [5.74, 6) is -0.312.